The Bertz CT molecular complexity index is 1020. The van der Waals surface area contributed by atoms with Gasteiger partial charge in [0.25, 0.3) is 0 Å². The summed E-state index contributed by atoms with van der Waals surface area (Å²) in [7, 11) is 2.00. The third-order valence-electron chi connectivity index (χ3n) is 5.39. The third-order valence-corrected chi connectivity index (χ3v) is 5.66. The summed E-state index contributed by atoms with van der Waals surface area (Å²) >= 11 is 9.72. The molecule has 7 heteroatoms. The van der Waals surface area contributed by atoms with Gasteiger partial charge in [-0.1, -0.05) is 70.2 Å². The van der Waals surface area contributed by atoms with Crippen LogP contribution in [-0.4, -0.2) is 35.7 Å². The molecule has 1 aromatic rings. The molecule has 5 nitrogen and oxygen atoms in total. The number of benzene rings is 1. The first kappa shape index (κ1) is 33.3. The number of fused-ring (bicyclic) bond motifs is 1. The molecule has 0 amide bonds. The van der Waals surface area contributed by atoms with Crippen molar-refractivity contribution in [3.8, 4) is 0 Å². The lowest BCUT2D eigenvalue weighted by atomic mass is 9.87. The molecule has 0 radical (unpaired) electrons. The largest absolute Gasteiger partial charge is 0.505 e. The molecule has 0 bridgehead atoms. The first-order chi connectivity index (χ1) is 17.3. The zero-order valence-corrected chi connectivity index (χ0v) is 24.3. The highest BCUT2D eigenvalue weighted by atomic mass is 35.5. The quantitative estimate of drug-likeness (QED) is 0.121. The van der Waals surface area contributed by atoms with Gasteiger partial charge in [-0.25, -0.2) is 0 Å². The second-order valence-electron chi connectivity index (χ2n) is 8.09. The lowest BCUT2D eigenvalue weighted by molar-refractivity contribution is 0.380. The molecule has 2 aliphatic rings. The van der Waals surface area contributed by atoms with E-state index in [-0.39, 0.29) is 0 Å². The molecule has 3 N–H and O–H groups in total. The van der Waals surface area contributed by atoms with E-state index in [4.69, 9.17) is 22.6 Å². The van der Waals surface area contributed by atoms with Gasteiger partial charge < -0.3 is 15.8 Å². The van der Waals surface area contributed by atoms with Crippen molar-refractivity contribution in [2.24, 2.45) is 21.9 Å². The number of hydrazone groups is 1. The first-order valence-electron chi connectivity index (χ1n) is 12.3. The van der Waals surface area contributed by atoms with Crippen molar-refractivity contribution < 1.29 is 5.11 Å². The molecule has 1 aliphatic carbocycles. The Morgan fingerprint density at radius 1 is 1.22 bits per heavy atom. The maximum atomic E-state index is 8.99. The smallest absolute Gasteiger partial charge is 0.134 e. The van der Waals surface area contributed by atoms with E-state index in [9.17, 15) is 0 Å². The highest BCUT2D eigenvalue weighted by Crippen LogP contribution is 2.37. The van der Waals surface area contributed by atoms with Crippen LogP contribution in [0.3, 0.4) is 0 Å². The highest BCUT2D eigenvalue weighted by Gasteiger charge is 2.22. The van der Waals surface area contributed by atoms with Crippen LogP contribution in [0.25, 0.3) is 11.3 Å². The van der Waals surface area contributed by atoms with Crippen LogP contribution >= 0.6 is 24.2 Å². The number of aliphatic imine (C=N–C) groups is 1. The van der Waals surface area contributed by atoms with E-state index in [1.165, 1.54) is 24.6 Å². The Hall–Kier alpha value is -2.66. The third kappa shape index (κ3) is 10.1. The van der Waals surface area contributed by atoms with Crippen molar-refractivity contribution in [3.63, 3.8) is 0 Å². The van der Waals surface area contributed by atoms with Gasteiger partial charge in [-0.2, -0.15) is 17.7 Å². The van der Waals surface area contributed by atoms with Gasteiger partial charge in [-0.05, 0) is 61.4 Å². The normalized spacial score (nSPS) is 15.4. The number of thiol groups is 1. The van der Waals surface area contributed by atoms with E-state index in [1.807, 2.05) is 50.1 Å². The van der Waals surface area contributed by atoms with E-state index in [0.717, 1.165) is 41.6 Å². The average molecular weight is 531 g/mol. The zero-order valence-electron chi connectivity index (χ0n) is 22.7. The van der Waals surface area contributed by atoms with Gasteiger partial charge in [-0.15, -0.1) is 0 Å². The van der Waals surface area contributed by atoms with Gasteiger partial charge in [-0.3, -0.25) is 4.99 Å². The minimum absolute atomic E-state index is 0.351. The van der Waals surface area contributed by atoms with Crippen LogP contribution in [0.2, 0.25) is 0 Å². The van der Waals surface area contributed by atoms with Crippen LogP contribution in [-0.2, 0) is 0 Å². The molecule has 1 aliphatic heterocycles. The van der Waals surface area contributed by atoms with E-state index < -0.39 is 0 Å². The van der Waals surface area contributed by atoms with Gasteiger partial charge in [0.2, 0.25) is 0 Å². The lowest BCUT2D eigenvalue weighted by Crippen LogP contribution is -2.18. The Morgan fingerprint density at radius 3 is 2.47 bits per heavy atom. The fraction of sp³-hybridized carbons (Fsp3) is 0.414. The van der Waals surface area contributed by atoms with Crippen molar-refractivity contribution in [3.05, 3.63) is 76.5 Å². The Balaban J connectivity index is 0.000000783. The number of aliphatic hydroxyl groups excluding tert-OH is 1. The maximum Gasteiger partial charge on any atom is 0.134 e. The molecular weight excluding hydrogens is 488 g/mol. The van der Waals surface area contributed by atoms with Crippen LogP contribution in [0, 0.1) is 5.92 Å². The fourth-order valence-electron chi connectivity index (χ4n) is 3.58. The number of hydrogen-bond donors (Lipinski definition) is 3. The van der Waals surface area contributed by atoms with Crippen molar-refractivity contribution >= 4 is 47.9 Å². The maximum absolute atomic E-state index is 8.99. The molecule has 36 heavy (non-hydrogen) atoms. The predicted molar refractivity (Wildman–Crippen MR) is 164 cm³/mol. The van der Waals surface area contributed by atoms with E-state index in [2.05, 4.69) is 61.8 Å². The van der Waals surface area contributed by atoms with Crippen molar-refractivity contribution in [2.45, 2.75) is 59.8 Å². The SMILES string of the molecule is C=N/C=C(Cl)\C(=N/N)c1ccc2c(c1)C(C(C)C)=CN(C)C2=C.CC.CS.OC1=C=CCCCCC1. The molecule has 0 spiro atoms. The topological polar surface area (TPSA) is 74.2 Å². The van der Waals surface area contributed by atoms with Gasteiger partial charge in [0.1, 0.15) is 11.5 Å². The number of halogens is 1. The molecular formula is C29H43ClN4OS. The molecule has 198 valence electrons. The summed E-state index contributed by atoms with van der Waals surface area (Å²) in [4.78, 5) is 5.72. The number of nitrogens with zero attached hydrogens (tertiary/aromatic N) is 3. The second kappa shape index (κ2) is 18.6. The molecule has 0 unspecified atom stereocenters. The van der Waals surface area contributed by atoms with Gasteiger partial charge >= 0.3 is 0 Å². The summed E-state index contributed by atoms with van der Waals surface area (Å²) in [5.74, 6) is 6.32. The van der Waals surface area contributed by atoms with Crippen LogP contribution < -0.4 is 5.84 Å². The zero-order chi connectivity index (χ0) is 27.7. The standard InChI is InChI=1S/C18H21ClN4.C8H12O.C2H6.CH4S/c1-11(2)16-10-23(5)12(3)14-7-6-13(8-15(14)16)18(22-20)17(19)9-21-4;9-8-6-4-2-1-3-5-7-8;2*1-2/h6-11H,3-4,20H2,1-2,5H3;4,9H,1-3,5,7H2;1-2H3;2H,1H3/b17-9+,22-18-;;;. The van der Waals surface area contributed by atoms with E-state index in [0.29, 0.717) is 22.4 Å². The van der Waals surface area contributed by atoms with Crippen LogP contribution in [0.4, 0.5) is 0 Å². The van der Waals surface area contributed by atoms with Crippen molar-refractivity contribution in [1.29, 1.82) is 0 Å². The molecule has 1 aromatic carbocycles. The molecule has 3 rings (SSSR count). The number of rotatable bonds is 4. The first-order valence-corrected chi connectivity index (χ1v) is 13.5. The summed E-state index contributed by atoms with van der Waals surface area (Å²) in [5, 5.41) is 13.1. The molecule has 0 aromatic heterocycles. The number of aliphatic hydroxyl groups is 1. The Kier molecular flexibility index (Phi) is 17.2. The molecule has 0 fully saturated rings. The fourth-order valence-corrected chi connectivity index (χ4v) is 3.81. The van der Waals surface area contributed by atoms with Gasteiger partial charge in [0, 0.05) is 42.7 Å². The summed E-state index contributed by atoms with van der Waals surface area (Å²) in [6.45, 7) is 15.9. The van der Waals surface area contributed by atoms with Crippen molar-refractivity contribution in [1.82, 2.24) is 4.90 Å². The molecule has 0 saturated carbocycles. The number of nitrogens with two attached hydrogens (primary N) is 1. The minimum Gasteiger partial charge on any atom is -0.505 e. The van der Waals surface area contributed by atoms with Crippen LogP contribution in [0.5, 0.6) is 0 Å². The van der Waals surface area contributed by atoms with Crippen LogP contribution in [0.1, 0.15) is 76.5 Å². The van der Waals surface area contributed by atoms with Gasteiger partial charge in [0.05, 0.1) is 5.03 Å². The van der Waals surface area contributed by atoms with E-state index >= 15 is 0 Å². The summed E-state index contributed by atoms with van der Waals surface area (Å²) in [6.07, 6.45) is 12.7. The number of hydrogen-bond acceptors (Lipinski definition) is 6. The molecule has 0 saturated heterocycles. The lowest BCUT2D eigenvalue weighted by Gasteiger charge is -2.30. The second-order valence-corrected chi connectivity index (χ2v) is 8.50. The summed E-state index contributed by atoms with van der Waals surface area (Å²) in [6, 6.07) is 6.01. The number of allylic oxidation sites excluding steroid dienone is 3. The van der Waals surface area contributed by atoms with Crippen molar-refractivity contribution in [2.75, 3.05) is 13.3 Å². The highest BCUT2D eigenvalue weighted by molar-refractivity contribution is 7.79. The summed E-state index contributed by atoms with van der Waals surface area (Å²) < 4.78 is 0. The minimum atomic E-state index is 0.351. The monoisotopic (exact) mass is 530 g/mol. The molecule has 0 atom stereocenters. The van der Waals surface area contributed by atoms with Gasteiger partial charge in [0.15, 0.2) is 0 Å². The molecule has 1 heterocycles. The Labute approximate surface area is 228 Å². The van der Waals surface area contributed by atoms with E-state index in [1.54, 1.807) is 6.26 Å². The average Bonchev–Trinajstić information content (AvgIpc) is 2.87. The Morgan fingerprint density at radius 2 is 1.89 bits per heavy atom. The summed E-state index contributed by atoms with van der Waals surface area (Å²) in [5.41, 5.74) is 8.55. The predicted octanol–water partition coefficient (Wildman–Crippen LogP) is 8.16. The van der Waals surface area contributed by atoms with Crippen LogP contribution in [0.15, 0.2) is 69.9 Å².